The van der Waals surface area contributed by atoms with Crippen molar-refractivity contribution in [2.45, 2.75) is 0 Å². The van der Waals surface area contributed by atoms with Crippen LogP contribution in [0.25, 0.3) is 21.8 Å². The van der Waals surface area contributed by atoms with Gasteiger partial charge in [-0.1, -0.05) is 66.7 Å². The summed E-state index contributed by atoms with van der Waals surface area (Å²) >= 11 is 0. The van der Waals surface area contributed by atoms with Crippen molar-refractivity contribution in [3.63, 3.8) is 0 Å². The minimum absolute atomic E-state index is 0.216. The Labute approximate surface area is 193 Å². The molecule has 0 aliphatic rings. The molecule has 1 amide bonds. The van der Waals surface area contributed by atoms with Gasteiger partial charge in [0.25, 0.3) is 5.91 Å². The van der Waals surface area contributed by atoms with Gasteiger partial charge in [0, 0.05) is 47.2 Å². The molecule has 33 heavy (non-hydrogen) atoms. The maximum absolute atomic E-state index is 11.7. The second-order valence-corrected chi connectivity index (χ2v) is 7.77. The first-order chi connectivity index (χ1) is 16.1. The Morgan fingerprint density at radius 2 is 1.30 bits per heavy atom. The Morgan fingerprint density at radius 3 is 1.88 bits per heavy atom. The summed E-state index contributed by atoms with van der Waals surface area (Å²) in [4.78, 5) is 17.2. The van der Waals surface area contributed by atoms with Gasteiger partial charge in [-0.05, 0) is 42.0 Å². The predicted octanol–water partition coefficient (Wildman–Crippen LogP) is 5.84. The van der Waals surface area contributed by atoms with Gasteiger partial charge in [0.05, 0.1) is 6.21 Å². The number of hydrazone groups is 1. The first kappa shape index (κ1) is 21.8. The molecule has 0 saturated carbocycles. The maximum Gasteiger partial charge on any atom is 0.271 e. The van der Waals surface area contributed by atoms with Gasteiger partial charge in [0.1, 0.15) is 0 Å². The third kappa shape index (κ3) is 5.46. The zero-order valence-electron chi connectivity index (χ0n) is 18.7. The van der Waals surface area contributed by atoms with Crippen LogP contribution < -0.4 is 10.3 Å². The van der Waals surface area contributed by atoms with Gasteiger partial charge in [-0.25, -0.2) is 5.43 Å². The van der Waals surface area contributed by atoms with Gasteiger partial charge in [-0.15, -0.1) is 0 Å². The number of aromatic nitrogens is 1. The van der Waals surface area contributed by atoms with Crippen molar-refractivity contribution in [1.29, 1.82) is 0 Å². The molecule has 0 radical (unpaired) electrons. The summed E-state index contributed by atoms with van der Waals surface area (Å²) in [5, 5.41) is 6.56. The van der Waals surface area contributed by atoms with Crippen LogP contribution in [-0.2, 0) is 0 Å². The number of nitrogens with zero attached hydrogens (tertiary/aromatic N) is 2. The minimum Gasteiger partial charge on any atom is -0.378 e. The Kier molecular flexibility index (Phi) is 6.81. The van der Waals surface area contributed by atoms with Crippen LogP contribution in [0.15, 0.2) is 108 Å². The van der Waals surface area contributed by atoms with Crippen LogP contribution in [0.2, 0.25) is 0 Å². The van der Waals surface area contributed by atoms with Crippen molar-refractivity contribution in [2.75, 3.05) is 19.0 Å². The van der Waals surface area contributed by atoms with Crippen LogP contribution in [0.3, 0.4) is 0 Å². The lowest BCUT2D eigenvalue weighted by Gasteiger charge is -2.11. The van der Waals surface area contributed by atoms with E-state index in [1.54, 1.807) is 18.3 Å². The fraction of sp³-hybridized carbons (Fsp3) is 0.0714. The van der Waals surface area contributed by atoms with Crippen molar-refractivity contribution in [3.05, 3.63) is 114 Å². The zero-order valence-corrected chi connectivity index (χ0v) is 18.7. The van der Waals surface area contributed by atoms with E-state index in [0.717, 1.165) is 11.3 Å². The van der Waals surface area contributed by atoms with Crippen LogP contribution in [0.5, 0.6) is 0 Å². The van der Waals surface area contributed by atoms with Crippen LogP contribution in [0.4, 0.5) is 5.69 Å². The molecule has 0 fully saturated rings. The third-order valence-corrected chi connectivity index (χ3v) is 5.24. The molecular weight excluding hydrogens is 408 g/mol. The number of hydrogen-bond acceptors (Lipinski definition) is 3. The molecule has 0 saturated heterocycles. The van der Waals surface area contributed by atoms with Gasteiger partial charge >= 0.3 is 0 Å². The quantitative estimate of drug-likeness (QED) is 0.276. The minimum atomic E-state index is -0.216. The number of benzene rings is 4. The lowest BCUT2D eigenvalue weighted by Crippen LogP contribution is -2.17. The van der Waals surface area contributed by atoms with Crippen LogP contribution in [0, 0.1) is 0 Å². The van der Waals surface area contributed by atoms with Crippen molar-refractivity contribution in [3.8, 4) is 0 Å². The molecule has 5 aromatic rings. The molecule has 0 bridgehead atoms. The van der Waals surface area contributed by atoms with Gasteiger partial charge in [0.15, 0.2) is 0 Å². The Bertz CT molecular complexity index is 1320. The Balaban J connectivity index is 0.000000170. The molecule has 5 rings (SSSR count). The molecule has 0 spiro atoms. The van der Waals surface area contributed by atoms with E-state index in [1.807, 2.05) is 61.5 Å². The average Bonchev–Trinajstić information content (AvgIpc) is 3.24. The molecule has 0 unspecified atom stereocenters. The number of amides is 1. The highest BCUT2D eigenvalue weighted by molar-refractivity contribution is 6.07. The Hall–Kier alpha value is -4.38. The topological polar surface area (TPSA) is 60.5 Å². The number of fused-ring (bicyclic) bond motifs is 3. The van der Waals surface area contributed by atoms with Crippen molar-refractivity contribution < 1.29 is 4.79 Å². The highest BCUT2D eigenvalue weighted by Crippen LogP contribution is 2.24. The summed E-state index contributed by atoms with van der Waals surface area (Å²) in [6.07, 6.45) is 1.63. The van der Waals surface area contributed by atoms with E-state index < -0.39 is 0 Å². The van der Waals surface area contributed by atoms with E-state index in [4.69, 9.17) is 0 Å². The standard InChI is InChI=1S/C16H17N3O.C12H9N/c1-19(2)15-10-8-13(9-11-15)12-17-18-16(20)14-6-4-3-5-7-14;1-3-7-11-9(5-1)10-6-2-4-8-12(10)13-11/h3-12H,1-2H3,(H,18,20);1-8,13H. The normalized spacial score (nSPS) is 10.7. The molecule has 0 aliphatic heterocycles. The van der Waals surface area contributed by atoms with E-state index in [-0.39, 0.29) is 5.91 Å². The van der Waals surface area contributed by atoms with E-state index >= 15 is 0 Å². The first-order valence-corrected chi connectivity index (χ1v) is 10.7. The molecule has 2 N–H and O–H groups in total. The fourth-order valence-corrected chi connectivity index (χ4v) is 3.48. The molecule has 0 atom stereocenters. The van der Waals surface area contributed by atoms with Crippen molar-refractivity contribution in [2.24, 2.45) is 5.10 Å². The van der Waals surface area contributed by atoms with E-state index in [2.05, 4.69) is 64.0 Å². The highest BCUT2D eigenvalue weighted by atomic mass is 16.2. The van der Waals surface area contributed by atoms with Crippen LogP contribution >= 0.6 is 0 Å². The zero-order chi connectivity index (χ0) is 23.0. The lowest BCUT2D eigenvalue weighted by atomic mass is 10.2. The number of anilines is 1. The summed E-state index contributed by atoms with van der Waals surface area (Å²) < 4.78 is 0. The molecule has 164 valence electrons. The molecule has 5 nitrogen and oxygen atoms in total. The molecule has 0 aliphatic carbocycles. The number of carbonyl (C=O) groups excluding carboxylic acids is 1. The number of nitrogens with one attached hydrogen (secondary N) is 2. The average molecular weight is 435 g/mol. The molecule has 5 heteroatoms. The van der Waals surface area contributed by atoms with Crippen LogP contribution in [-0.4, -0.2) is 31.2 Å². The highest BCUT2D eigenvalue weighted by Gasteiger charge is 2.02. The molecule has 1 heterocycles. The second-order valence-electron chi connectivity index (χ2n) is 7.77. The number of para-hydroxylation sites is 2. The van der Waals surface area contributed by atoms with E-state index in [1.165, 1.54) is 21.8 Å². The van der Waals surface area contributed by atoms with Crippen molar-refractivity contribution in [1.82, 2.24) is 10.4 Å². The summed E-state index contributed by atoms with van der Waals surface area (Å²) in [6.45, 7) is 0. The molecular formula is C28H26N4O. The number of aromatic amines is 1. The molecule has 4 aromatic carbocycles. The largest absolute Gasteiger partial charge is 0.378 e. The van der Waals surface area contributed by atoms with Gasteiger partial charge in [0.2, 0.25) is 0 Å². The predicted molar refractivity (Wildman–Crippen MR) is 138 cm³/mol. The van der Waals surface area contributed by atoms with E-state index in [9.17, 15) is 4.79 Å². The maximum atomic E-state index is 11.7. The smallest absolute Gasteiger partial charge is 0.271 e. The summed E-state index contributed by atoms with van der Waals surface area (Å²) in [5.74, 6) is -0.216. The number of carbonyl (C=O) groups is 1. The van der Waals surface area contributed by atoms with E-state index in [0.29, 0.717) is 5.56 Å². The monoisotopic (exact) mass is 434 g/mol. The summed E-state index contributed by atoms with van der Waals surface area (Å²) in [6, 6.07) is 33.7. The van der Waals surface area contributed by atoms with Crippen molar-refractivity contribution >= 4 is 39.6 Å². The van der Waals surface area contributed by atoms with Crippen LogP contribution in [0.1, 0.15) is 15.9 Å². The number of H-pyrrole nitrogens is 1. The summed E-state index contributed by atoms with van der Waals surface area (Å²) in [7, 11) is 3.98. The second kappa shape index (κ2) is 10.3. The third-order valence-electron chi connectivity index (χ3n) is 5.24. The number of hydrogen-bond donors (Lipinski definition) is 2. The fourth-order valence-electron chi connectivity index (χ4n) is 3.48. The van der Waals surface area contributed by atoms with Gasteiger partial charge < -0.3 is 9.88 Å². The van der Waals surface area contributed by atoms with Gasteiger partial charge in [-0.2, -0.15) is 5.10 Å². The van der Waals surface area contributed by atoms with Gasteiger partial charge in [-0.3, -0.25) is 4.79 Å². The lowest BCUT2D eigenvalue weighted by molar-refractivity contribution is 0.0955. The number of rotatable bonds is 4. The summed E-state index contributed by atoms with van der Waals surface area (Å²) in [5.41, 5.74) is 7.57. The molecule has 1 aromatic heterocycles. The Morgan fingerprint density at radius 1 is 0.758 bits per heavy atom. The SMILES string of the molecule is CN(C)c1ccc(C=NNC(=O)c2ccccc2)cc1.c1ccc2c(c1)[nH]c1ccccc12. The first-order valence-electron chi connectivity index (χ1n) is 10.7.